The number of hydrazine groups is 1. The highest BCUT2D eigenvalue weighted by molar-refractivity contribution is 9.10. The number of amides is 3. The number of benzene rings is 2. The Morgan fingerprint density at radius 1 is 1.10 bits per heavy atom. The molecule has 0 spiro atoms. The van der Waals surface area contributed by atoms with Gasteiger partial charge < -0.3 is 10.1 Å². The van der Waals surface area contributed by atoms with Crippen molar-refractivity contribution in [2.24, 2.45) is 5.92 Å². The lowest BCUT2D eigenvalue weighted by molar-refractivity contribution is -0.151. The molecule has 2 aromatic carbocycles. The van der Waals surface area contributed by atoms with Crippen molar-refractivity contribution in [2.45, 2.75) is 13.3 Å². The highest BCUT2D eigenvalue weighted by Crippen LogP contribution is 2.21. The van der Waals surface area contributed by atoms with Crippen LogP contribution in [0.15, 0.2) is 51.4 Å². The first-order valence-electron chi connectivity index (χ1n) is 9.32. The second-order valence-electron chi connectivity index (χ2n) is 6.97. The summed E-state index contributed by atoms with van der Waals surface area (Å²) in [5.41, 5.74) is 4.34. The summed E-state index contributed by atoms with van der Waals surface area (Å²) < 4.78 is 6.77. The molecule has 0 unspecified atom stereocenters. The first-order valence-corrected chi connectivity index (χ1v) is 10.9. The second-order valence-corrected chi connectivity index (χ2v) is 8.80. The zero-order chi connectivity index (χ0) is 22.5. The van der Waals surface area contributed by atoms with E-state index in [9.17, 15) is 19.2 Å². The highest BCUT2D eigenvalue weighted by atomic mass is 79.9. The summed E-state index contributed by atoms with van der Waals surface area (Å²) >= 11 is 6.64. The molecule has 0 saturated carbocycles. The number of carbonyl (C=O) groups excluding carboxylic acids is 4. The van der Waals surface area contributed by atoms with Gasteiger partial charge in [-0.15, -0.1) is 0 Å². The molecular weight excluding hydrogens is 534 g/mol. The highest BCUT2D eigenvalue weighted by Gasteiger charge is 2.36. The number of anilines is 1. The van der Waals surface area contributed by atoms with Crippen LogP contribution in [0.3, 0.4) is 0 Å². The average Bonchev–Trinajstić information content (AvgIpc) is 3.09. The Bertz CT molecular complexity index is 1030. The molecule has 31 heavy (non-hydrogen) atoms. The number of ether oxygens (including phenoxy) is 1. The summed E-state index contributed by atoms with van der Waals surface area (Å²) in [6.45, 7) is 1.35. The Morgan fingerprint density at radius 3 is 2.45 bits per heavy atom. The van der Waals surface area contributed by atoms with E-state index in [1.54, 1.807) is 36.4 Å². The van der Waals surface area contributed by atoms with E-state index in [1.807, 2.05) is 13.0 Å². The van der Waals surface area contributed by atoms with Crippen LogP contribution in [-0.4, -0.2) is 41.9 Å². The Kier molecular flexibility index (Phi) is 7.45. The van der Waals surface area contributed by atoms with E-state index >= 15 is 0 Å². The molecule has 10 heteroatoms. The van der Waals surface area contributed by atoms with Crippen molar-refractivity contribution in [1.29, 1.82) is 0 Å². The van der Waals surface area contributed by atoms with Gasteiger partial charge in [0.15, 0.2) is 6.61 Å². The molecule has 0 radical (unpaired) electrons. The molecular formula is C21H19Br2N3O5. The number of halogens is 2. The second kappa shape index (κ2) is 10.1. The minimum atomic E-state index is -0.764. The molecule has 3 rings (SSSR count). The Labute approximate surface area is 195 Å². The molecule has 1 saturated heterocycles. The standard InChI is InChI=1S/C21H19Br2N3O5/c1-12-8-16(23)6-7-17(12)24-18(27)11-31-21(30)14-9-19(28)26(10-14)25-20(29)13-2-4-15(22)5-3-13/h2-8,14H,9-11H2,1H3,(H,24,27)(H,25,29)/t14-/m0/s1. The van der Waals surface area contributed by atoms with Gasteiger partial charge in [-0.2, -0.15) is 0 Å². The maximum atomic E-state index is 12.3. The summed E-state index contributed by atoms with van der Waals surface area (Å²) in [6, 6.07) is 12.0. The largest absolute Gasteiger partial charge is 0.455 e. The SMILES string of the molecule is Cc1cc(Br)ccc1NC(=O)COC(=O)[C@H]1CC(=O)N(NC(=O)c2ccc(Br)cc2)C1. The quantitative estimate of drug-likeness (QED) is 0.535. The van der Waals surface area contributed by atoms with Crippen LogP contribution in [0.4, 0.5) is 5.69 Å². The zero-order valence-corrected chi connectivity index (χ0v) is 19.7. The van der Waals surface area contributed by atoms with Gasteiger partial charge in [-0.05, 0) is 55.0 Å². The van der Waals surface area contributed by atoms with E-state index in [-0.39, 0.29) is 13.0 Å². The van der Waals surface area contributed by atoms with Crippen LogP contribution in [0.2, 0.25) is 0 Å². The van der Waals surface area contributed by atoms with E-state index in [0.29, 0.717) is 11.3 Å². The van der Waals surface area contributed by atoms with Crippen molar-refractivity contribution in [3.63, 3.8) is 0 Å². The lowest BCUT2D eigenvalue weighted by Crippen LogP contribution is -2.43. The number of aryl methyl sites for hydroxylation is 1. The van der Waals surface area contributed by atoms with E-state index in [1.165, 1.54) is 0 Å². The van der Waals surface area contributed by atoms with E-state index < -0.39 is 36.2 Å². The van der Waals surface area contributed by atoms with Gasteiger partial charge in [0.25, 0.3) is 11.8 Å². The lowest BCUT2D eigenvalue weighted by Gasteiger charge is -2.17. The van der Waals surface area contributed by atoms with Gasteiger partial charge in [-0.25, -0.2) is 0 Å². The van der Waals surface area contributed by atoms with Crippen LogP contribution >= 0.6 is 31.9 Å². The third-order valence-electron chi connectivity index (χ3n) is 4.61. The third kappa shape index (κ3) is 6.14. The van der Waals surface area contributed by atoms with E-state index in [2.05, 4.69) is 42.6 Å². The van der Waals surface area contributed by atoms with Crippen LogP contribution in [0, 0.1) is 12.8 Å². The predicted molar refractivity (Wildman–Crippen MR) is 120 cm³/mol. The van der Waals surface area contributed by atoms with Gasteiger partial charge in [0.05, 0.1) is 12.5 Å². The van der Waals surface area contributed by atoms with Crippen molar-refractivity contribution >= 4 is 61.2 Å². The minimum Gasteiger partial charge on any atom is -0.455 e. The van der Waals surface area contributed by atoms with Crippen LogP contribution in [0.5, 0.6) is 0 Å². The molecule has 1 fully saturated rings. The summed E-state index contributed by atoms with van der Waals surface area (Å²) in [6.07, 6.45) is -0.104. The first-order chi connectivity index (χ1) is 14.7. The topological polar surface area (TPSA) is 105 Å². The summed E-state index contributed by atoms with van der Waals surface area (Å²) in [5.74, 6) is -2.78. The van der Waals surface area contributed by atoms with Crippen molar-refractivity contribution in [3.8, 4) is 0 Å². The maximum Gasteiger partial charge on any atom is 0.311 e. The number of hydrogen-bond acceptors (Lipinski definition) is 5. The summed E-state index contributed by atoms with van der Waals surface area (Å²) in [7, 11) is 0. The zero-order valence-electron chi connectivity index (χ0n) is 16.5. The van der Waals surface area contributed by atoms with E-state index in [4.69, 9.17) is 4.74 Å². The normalized spacial score (nSPS) is 15.5. The van der Waals surface area contributed by atoms with Gasteiger partial charge >= 0.3 is 5.97 Å². The fourth-order valence-corrected chi connectivity index (χ4v) is 3.71. The Balaban J connectivity index is 1.48. The molecule has 2 N–H and O–H groups in total. The minimum absolute atomic E-state index is 0.0205. The van der Waals surface area contributed by atoms with Crippen molar-refractivity contribution < 1.29 is 23.9 Å². The van der Waals surface area contributed by atoms with Gasteiger partial charge in [0.1, 0.15) is 0 Å². The molecule has 0 aliphatic carbocycles. The van der Waals surface area contributed by atoms with Gasteiger partial charge in [0, 0.05) is 26.6 Å². The molecule has 3 amide bonds. The van der Waals surface area contributed by atoms with Crippen LogP contribution in [0.1, 0.15) is 22.3 Å². The lowest BCUT2D eigenvalue weighted by atomic mass is 10.1. The molecule has 1 aliphatic heterocycles. The van der Waals surface area contributed by atoms with Gasteiger partial charge in [-0.3, -0.25) is 29.6 Å². The fourth-order valence-electron chi connectivity index (χ4n) is 2.97. The summed E-state index contributed by atoms with van der Waals surface area (Å²) in [5, 5.41) is 3.77. The first kappa shape index (κ1) is 23.0. The van der Waals surface area contributed by atoms with Crippen molar-refractivity contribution in [2.75, 3.05) is 18.5 Å². The van der Waals surface area contributed by atoms with Crippen molar-refractivity contribution in [1.82, 2.24) is 10.4 Å². The van der Waals surface area contributed by atoms with Crippen LogP contribution in [-0.2, 0) is 19.1 Å². The van der Waals surface area contributed by atoms with Crippen LogP contribution < -0.4 is 10.7 Å². The number of nitrogens with one attached hydrogen (secondary N) is 2. The number of esters is 1. The van der Waals surface area contributed by atoms with Gasteiger partial charge in [-0.1, -0.05) is 31.9 Å². The molecule has 1 atom stereocenters. The molecule has 0 bridgehead atoms. The Morgan fingerprint density at radius 2 is 1.77 bits per heavy atom. The fraction of sp³-hybridized carbons (Fsp3) is 0.238. The molecule has 0 aromatic heterocycles. The van der Waals surface area contributed by atoms with E-state index in [0.717, 1.165) is 19.5 Å². The number of carbonyl (C=O) groups is 4. The van der Waals surface area contributed by atoms with Gasteiger partial charge in [0.2, 0.25) is 5.91 Å². The predicted octanol–water partition coefficient (Wildman–Crippen LogP) is 3.20. The molecule has 162 valence electrons. The number of rotatable bonds is 6. The average molecular weight is 553 g/mol. The monoisotopic (exact) mass is 551 g/mol. The number of hydrogen-bond donors (Lipinski definition) is 2. The molecule has 1 aliphatic rings. The third-order valence-corrected chi connectivity index (χ3v) is 5.63. The number of nitrogens with zero attached hydrogens (tertiary/aromatic N) is 1. The molecule has 1 heterocycles. The van der Waals surface area contributed by atoms with Crippen molar-refractivity contribution in [3.05, 3.63) is 62.5 Å². The molecule has 8 nitrogen and oxygen atoms in total. The summed E-state index contributed by atoms with van der Waals surface area (Å²) in [4.78, 5) is 48.8. The Hall–Kier alpha value is -2.72. The maximum absolute atomic E-state index is 12.3. The van der Waals surface area contributed by atoms with Crippen LogP contribution in [0.25, 0.3) is 0 Å². The smallest absolute Gasteiger partial charge is 0.311 e. The molecule has 2 aromatic rings.